The third-order valence-electron chi connectivity index (χ3n) is 2.03. The zero-order chi connectivity index (χ0) is 10.3. The minimum Gasteiger partial charge on any atom is -0.411 e. The van der Waals surface area contributed by atoms with Crippen LogP contribution in [0.3, 0.4) is 0 Å². The van der Waals surface area contributed by atoms with E-state index in [1.165, 1.54) is 0 Å². The van der Waals surface area contributed by atoms with Gasteiger partial charge in [-0.2, -0.15) is 0 Å². The molecule has 0 saturated heterocycles. The van der Waals surface area contributed by atoms with Gasteiger partial charge in [0.2, 0.25) is 0 Å². The van der Waals surface area contributed by atoms with E-state index in [-0.39, 0.29) is 11.5 Å². The number of carbonyl (C=O) groups is 1. The Balaban J connectivity index is 4.20. The Morgan fingerprint density at radius 2 is 1.85 bits per heavy atom. The van der Waals surface area contributed by atoms with E-state index in [9.17, 15) is 4.79 Å². The van der Waals surface area contributed by atoms with Crippen LogP contribution in [0.25, 0.3) is 0 Å². The predicted molar refractivity (Wildman–Crippen MR) is 52.3 cm³/mol. The van der Waals surface area contributed by atoms with Crippen molar-refractivity contribution >= 4 is 11.5 Å². The molecule has 0 radical (unpaired) electrons. The SMILES string of the molecule is CCC(=O)/C(CN(CC)CC)=N\O. The summed E-state index contributed by atoms with van der Waals surface area (Å²) < 4.78 is 0. The van der Waals surface area contributed by atoms with E-state index in [4.69, 9.17) is 5.21 Å². The summed E-state index contributed by atoms with van der Waals surface area (Å²) in [4.78, 5) is 13.2. The molecule has 0 aromatic heterocycles. The van der Waals surface area contributed by atoms with Gasteiger partial charge < -0.3 is 5.21 Å². The first-order valence-electron chi connectivity index (χ1n) is 4.65. The Morgan fingerprint density at radius 1 is 1.31 bits per heavy atom. The lowest BCUT2D eigenvalue weighted by molar-refractivity contribution is -0.113. The van der Waals surface area contributed by atoms with Crippen LogP contribution in [-0.2, 0) is 4.79 Å². The van der Waals surface area contributed by atoms with Crippen molar-refractivity contribution in [2.24, 2.45) is 5.16 Å². The summed E-state index contributed by atoms with van der Waals surface area (Å²) in [7, 11) is 0. The predicted octanol–water partition coefficient (Wildman–Crippen LogP) is 1.14. The molecule has 0 atom stereocenters. The summed E-state index contributed by atoms with van der Waals surface area (Å²) in [6.07, 6.45) is 0.390. The van der Waals surface area contributed by atoms with Gasteiger partial charge in [0.1, 0.15) is 5.71 Å². The van der Waals surface area contributed by atoms with Gasteiger partial charge in [-0.15, -0.1) is 0 Å². The molecule has 0 fully saturated rings. The summed E-state index contributed by atoms with van der Waals surface area (Å²) >= 11 is 0. The van der Waals surface area contributed by atoms with Crippen LogP contribution in [-0.4, -0.2) is 41.2 Å². The summed E-state index contributed by atoms with van der Waals surface area (Å²) in [5, 5.41) is 11.6. The molecule has 4 nitrogen and oxygen atoms in total. The second-order valence-electron chi connectivity index (χ2n) is 2.78. The standard InChI is InChI=1S/C9H18N2O2/c1-4-9(12)8(10-13)7-11(5-2)6-3/h13H,4-7H2,1-3H3/b10-8-. The van der Waals surface area contributed by atoms with Crippen molar-refractivity contribution in [2.45, 2.75) is 27.2 Å². The number of ketones is 1. The Hall–Kier alpha value is -0.900. The number of carbonyl (C=O) groups excluding carboxylic acids is 1. The van der Waals surface area contributed by atoms with Crippen molar-refractivity contribution in [3.63, 3.8) is 0 Å². The molecule has 0 unspecified atom stereocenters. The third-order valence-corrected chi connectivity index (χ3v) is 2.03. The maximum Gasteiger partial charge on any atom is 0.181 e. The molecule has 0 spiro atoms. The quantitative estimate of drug-likeness (QED) is 0.384. The van der Waals surface area contributed by atoms with Crippen molar-refractivity contribution in [2.75, 3.05) is 19.6 Å². The summed E-state index contributed by atoms with van der Waals surface area (Å²) in [5.41, 5.74) is 0.256. The normalized spacial score (nSPS) is 12.2. The zero-order valence-electron chi connectivity index (χ0n) is 8.58. The Kier molecular flexibility index (Phi) is 6.14. The van der Waals surface area contributed by atoms with E-state index in [0.29, 0.717) is 13.0 Å². The number of hydrogen-bond donors (Lipinski definition) is 1. The van der Waals surface area contributed by atoms with Crippen LogP contribution in [0.4, 0.5) is 0 Å². The molecule has 0 aromatic rings. The Morgan fingerprint density at radius 3 is 2.15 bits per heavy atom. The summed E-state index contributed by atoms with van der Waals surface area (Å²) in [5.74, 6) is -0.0885. The molecular weight excluding hydrogens is 168 g/mol. The lowest BCUT2D eigenvalue weighted by Gasteiger charge is -2.17. The molecule has 0 rings (SSSR count). The lowest BCUT2D eigenvalue weighted by Crippen LogP contribution is -2.33. The van der Waals surface area contributed by atoms with Crippen LogP contribution >= 0.6 is 0 Å². The number of Topliss-reactive ketones (excluding diaryl/α,β-unsaturated/α-hetero) is 1. The van der Waals surface area contributed by atoms with Crippen molar-refractivity contribution in [3.05, 3.63) is 0 Å². The van der Waals surface area contributed by atoms with Crippen molar-refractivity contribution in [1.29, 1.82) is 0 Å². The molecule has 4 heteroatoms. The molecule has 0 bridgehead atoms. The van der Waals surface area contributed by atoms with Gasteiger partial charge in [-0.1, -0.05) is 25.9 Å². The highest BCUT2D eigenvalue weighted by atomic mass is 16.4. The molecule has 0 aliphatic rings. The minimum atomic E-state index is -0.0885. The fraction of sp³-hybridized carbons (Fsp3) is 0.778. The van der Waals surface area contributed by atoms with E-state index >= 15 is 0 Å². The highest BCUT2D eigenvalue weighted by molar-refractivity contribution is 6.40. The van der Waals surface area contributed by atoms with Crippen LogP contribution in [0.5, 0.6) is 0 Å². The highest BCUT2D eigenvalue weighted by Gasteiger charge is 2.12. The molecule has 1 N–H and O–H groups in total. The van der Waals surface area contributed by atoms with Gasteiger partial charge in [-0.25, -0.2) is 0 Å². The van der Waals surface area contributed by atoms with E-state index in [1.807, 2.05) is 18.7 Å². The van der Waals surface area contributed by atoms with Crippen molar-refractivity contribution in [3.8, 4) is 0 Å². The fourth-order valence-electron chi connectivity index (χ4n) is 1.04. The van der Waals surface area contributed by atoms with Gasteiger partial charge >= 0.3 is 0 Å². The molecule has 0 amide bonds. The maximum absolute atomic E-state index is 11.2. The fourth-order valence-corrected chi connectivity index (χ4v) is 1.04. The maximum atomic E-state index is 11.2. The number of rotatable bonds is 6. The molecular formula is C9H18N2O2. The van der Waals surface area contributed by atoms with E-state index < -0.39 is 0 Å². The average molecular weight is 186 g/mol. The van der Waals surface area contributed by atoms with Gasteiger partial charge in [0.15, 0.2) is 5.78 Å². The first-order chi connectivity index (χ1) is 6.19. The Bertz CT molecular complexity index is 186. The Labute approximate surface area is 79.2 Å². The first-order valence-corrected chi connectivity index (χ1v) is 4.65. The summed E-state index contributed by atoms with van der Waals surface area (Å²) in [6, 6.07) is 0. The molecule has 76 valence electrons. The van der Waals surface area contributed by atoms with Crippen LogP contribution in [0.1, 0.15) is 27.2 Å². The second-order valence-corrected chi connectivity index (χ2v) is 2.78. The van der Waals surface area contributed by atoms with E-state index in [2.05, 4.69) is 5.16 Å². The lowest BCUT2D eigenvalue weighted by atomic mass is 10.2. The van der Waals surface area contributed by atoms with E-state index in [0.717, 1.165) is 13.1 Å². The topological polar surface area (TPSA) is 52.9 Å². The zero-order valence-corrected chi connectivity index (χ0v) is 8.58. The van der Waals surface area contributed by atoms with Gasteiger partial charge in [0.05, 0.1) is 0 Å². The van der Waals surface area contributed by atoms with Crippen LogP contribution in [0.15, 0.2) is 5.16 Å². The average Bonchev–Trinajstić information content (AvgIpc) is 2.19. The molecule has 0 saturated carbocycles. The number of oxime groups is 1. The van der Waals surface area contributed by atoms with Gasteiger partial charge in [0.25, 0.3) is 0 Å². The minimum absolute atomic E-state index is 0.0885. The van der Waals surface area contributed by atoms with Gasteiger partial charge in [0, 0.05) is 13.0 Å². The van der Waals surface area contributed by atoms with Crippen molar-refractivity contribution < 1.29 is 10.0 Å². The summed E-state index contributed by atoms with van der Waals surface area (Å²) in [6.45, 7) is 7.93. The molecule has 13 heavy (non-hydrogen) atoms. The van der Waals surface area contributed by atoms with Gasteiger partial charge in [-0.3, -0.25) is 9.69 Å². The first kappa shape index (κ1) is 12.1. The second kappa shape index (κ2) is 6.60. The molecule has 0 aliphatic heterocycles. The molecule has 0 heterocycles. The van der Waals surface area contributed by atoms with Crippen LogP contribution in [0.2, 0.25) is 0 Å². The number of nitrogens with zero attached hydrogens (tertiary/aromatic N) is 2. The van der Waals surface area contributed by atoms with E-state index in [1.54, 1.807) is 6.92 Å². The van der Waals surface area contributed by atoms with Gasteiger partial charge in [-0.05, 0) is 13.1 Å². The number of hydrogen-bond acceptors (Lipinski definition) is 4. The van der Waals surface area contributed by atoms with Crippen molar-refractivity contribution in [1.82, 2.24) is 4.90 Å². The molecule has 0 aliphatic carbocycles. The molecule has 0 aromatic carbocycles. The monoisotopic (exact) mass is 186 g/mol. The van der Waals surface area contributed by atoms with Crippen LogP contribution in [0, 0.1) is 0 Å². The van der Waals surface area contributed by atoms with Crippen LogP contribution < -0.4 is 0 Å². The smallest absolute Gasteiger partial charge is 0.181 e. The third kappa shape index (κ3) is 4.03. The largest absolute Gasteiger partial charge is 0.411 e. The highest BCUT2D eigenvalue weighted by Crippen LogP contribution is 1.93.